The Labute approximate surface area is 126 Å². The molecule has 4 heteroatoms. The van der Waals surface area contributed by atoms with Crippen LogP contribution in [0.5, 0.6) is 5.75 Å². The van der Waals surface area contributed by atoms with Gasteiger partial charge in [0.2, 0.25) is 0 Å². The number of ether oxygens (including phenoxy) is 2. The molecule has 0 unspecified atom stereocenters. The van der Waals surface area contributed by atoms with Crippen molar-refractivity contribution in [1.29, 1.82) is 0 Å². The topological polar surface area (TPSA) is 47.6 Å². The van der Waals surface area contributed by atoms with Gasteiger partial charge in [0.25, 0.3) is 5.91 Å². The summed E-state index contributed by atoms with van der Waals surface area (Å²) in [6, 6.07) is 5.51. The predicted molar refractivity (Wildman–Crippen MR) is 82.8 cm³/mol. The lowest BCUT2D eigenvalue weighted by atomic mass is 9.95. The van der Waals surface area contributed by atoms with Crippen LogP contribution in [0.15, 0.2) is 18.2 Å². The fourth-order valence-corrected chi connectivity index (χ4v) is 2.75. The van der Waals surface area contributed by atoms with Crippen molar-refractivity contribution in [3.05, 3.63) is 29.3 Å². The van der Waals surface area contributed by atoms with Gasteiger partial charge in [-0.1, -0.05) is 0 Å². The molecular weight excluding hydrogens is 266 g/mol. The van der Waals surface area contributed by atoms with E-state index in [1.54, 1.807) is 13.2 Å². The summed E-state index contributed by atoms with van der Waals surface area (Å²) in [6.07, 6.45) is 4.52. The minimum absolute atomic E-state index is 0.00673. The summed E-state index contributed by atoms with van der Waals surface area (Å²) >= 11 is 0. The first-order valence-electron chi connectivity index (χ1n) is 7.71. The van der Waals surface area contributed by atoms with E-state index in [1.165, 1.54) is 6.42 Å². The first kappa shape index (κ1) is 15.8. The summed E-state index contributed by atoms with van der Waals surface area (Å²) < 4.78 is 10.6. The Balaban J connectivity index is 1.72. The second-order valence-corrected chi connectivity index (χ2v) is 5.64. The molecule has 0 radical (unpaired) electrons. The van der Waals surface area contributed by atoms with Gasteiger partial charge in [0.05, 0.1) is 7.11 Å². The van der Waals surface area contributed by atoms with Crippen LogP contribution in [0, 0.1) is 12.8 Å². The van der Waals surface area contributed by atoms with Crippen LogP contribution < -0.4 is 10.1 Å². The van der Waals surface area contributed by atoms with E-state index in [2.05, 4.69) is 5.32 Å². The molecule has 21 heavy (non-hydrogen) atoms. The van der Waals surface area contributed by atoms with Gasteiger partial charge in [-0.25, -0.2) is 0 Å². The molecule has 1 saturated heterocycles. The molecule has 0 aromatic heterocycles. The number of amides is 1. The van der Waals surface area contributed by atoms with Crippen molar-refractivity contribution in [2.24, 2.45) is 5.92 Å². The second-order valence-electron chi connectivity index (χ2n) is 5.64. The van der Waals surface area contributed by atoms with E-state index in [9.17, 15) is 4.79 Å². The van der Waals surface area contributed by atoms with Crippen LogP contribution >= 0.6 is 0 Å². The number of methoxy groups -OCH3 is 1. The summed E-state index contributed by atoms with van der Waals surface area (Å²) in [4.78, 5) is 12.1. The molecule has 1 fully saturated rings. The lowest BCUT2D eigenvalue weighted by Gasteiger charge is -2.21. The molecule has 0 saturated carbocycles. The molecule has 1 amide bonds. The number of benzene rings is 1. The summed E-state index contributed by atoms with van der Waals surface area (Å²) in [5, 5.41) is 2.99. The minimum atomic E-state index is -0.00673. The zero-order valence-corrected chi connectivity index (χ0v) is 13.0. The van der Waals surface area contributed by atoms with Gasteiger partial charge in [0.1, 0.15) is 5.75 Å². The Kier molecular flexibility index (Phi) is 6.05. The SMILES string of the molecule is COc1ccc(C(=O)NCCCC2CCOCC2)cc1C. The molecule has 1 N–H and O–H groups in total. The van der Waals surface area contributed by atoms with Crippen LogP contribution in [0.3, 0.4) is 0 Å². The van der Waals surface area contributed by atoms with E-state index >= 15 is 0 Å². The van der Waals surface area contributed by atoms with Gasteiger partial charge in [-0.3, -0.25) is 4.79 Å². The number of hydrogen-bond acceptors (Lipinski definition) is 3. The highest BCUT2D eigenvalue weighted by Gasteiger charge is 2.13. The van der Waals surface area contributed by atoms with E-state index in [4.69, 9.17) is 9.47 Å². The third-order valence-corrected chi connectivity index (χ3v) is 4.07. The van der Waals surface area contributed by atoms with Crippen LogP contribution in [-0.4, -0.2) is 32.8 Å². The largest absolute Gasteiger partial charge is 0.496 e. The van der Waals surface area contributed by atoms with Crippen LogP contribution in [0.4, 0.5) is 0 Å². The molecule has 1 aromatic rings. The fourth-order valence-electron chi connectivity index (χ4n) is 2.75. The third kappa shape index (κ3) is 4.74. The highest BCUT2D eigenvalue weighted by atomic mass is 16.5. The first-order valence-corrected chi connectivity index (χ1v) is 7.71. The van der Waals surface area contributed by atoms with E-state index in [0.29, 0.717) is 5.56 Å². The number of carbonyl (C=O) groups excluding carboxylic acids is 1. The van der Waals surface area contributed by atoms with Gasteiger partial charge in [-0.05, 0) is 62.3 Å². The van der Waals surface area contributed by atoms with Crippen LogP contribution in [-0.2, 0) is 4.74 Å². The Hall–Kier alpha value is -1.55. The van der Waals surface area contributed by atoms with Gasteiger partial charge < -0.3 is 14.8 Å². The van der Waals surface area contributed by atoms with Crippen molar-refractivity contribution in [2.45, 2.75) is 32.6 Å². The molecule has 1 heterocycles. The van der Waals surface area contributed by atoms with Crippen molar-refractivity contribution in [2.75, 3.05) is 26.9 Å². The average Bonchev–Trinajstić information content (AvgIpc) is 2.52. The van der Waals surface area contributed by atoms with Gasteiger partial charge in [0, 0.05) is 25.3 Å². The van der Waals surface area contributed by atoms with Gasteiger partial charge in [0.15, 0.2) is 0 Å². The molecule has 0 spiro atoms. The smallest absolute Gasteiger partial charge is 0.251 e. The van der Waals surface area contributed by atoms with Crippen molar-refractivity contribution in [3.8, 4) is 5.75 Å². The third-order valence-electron chi connectivity index (χ3n) is 4.07. The lowest BCUT2D eigenvalue weighted by molar-refractivity contribution is 0.0631. The van der Waals surface area contributed by atoms with E-state index in [-0.39, 0.29) is 5.91 Å². The van der Waals surface area contributed by atoms with Crippen molar-refractivity contribution >= 4 is 5.91 Å². The first-order chi connectivity index (χ1) is 10.2. The Morgan fingerprint density at radius 2 is 2.14 bits per heavy atom. The molecule has 1 aliphatic rings. The molecule has 0 atom stereocenters. The molecule has 4 nitrogen and oxygen atoms in total. The molecule has 0 bridgehead atoms. The zero-order chi connectivity index (χ0) is 15.1. The second kappa shape index (κ2) is 8.03. The summed E-state index contributed by atoms with van der Waals surface area (Å²) in [6.45, 7) is 4.46. The highest BCUT2D eigenvalue weighted by Crippen LogP contribution is 2.20. The van der Waals surface area contributed by atoms with Crippen LogP contribution in [0.1, 0.15) is 41.6 Å². The monoisotopic (exact) mass is 291 g/mol. The Morgan fingerprint density at radius 3 is 2.81 bits per heavy atom. The number of nitrogens with one attached hydrogen (secondary N) is 1. The molecule has 0 aliphatic carbocycles. The maximum atomic E-state index is 12.1. The molecule has 116 valence electrons. The zero-order valence-electron chi connectivity index (χ0n) is 13.0. The van der Waals surface area contributed by atoms with Crippen molar-refractivity contribution < 1.29 is 14.3 Å². The highest BCUT2D eigenvalue weighted by molar-refractivity contribution is 5.94. The van der Waals surface area contributed by atoms with Crippen molar-refractivity contribution in [3.63, 3.8) is 0 Å². The maximum Gasteiger partial charge on any atom is 0.251 e. The Bertz CT molecular complexity index is 467. The van der Waals surface area contributed by atoms with E-state index < -0.39 is 0 Å². The summed E-state index contributed by atoms with van der Waals surface area (Å²) in [5.74, 6) is 1.57. The van der Waals surface area contributed by atoms with Gasteiger partial charge in [-0.2, -0.15) is 0 Å². The lowest BCUT2D eigenvalue weighted by Crippen LogP contribution is -2.25. The van der Waals surface area contributed by atoms with Crippen molar-refractivity contribution in [1.82, 2.24) is 5.32 Å². The minimum Gasteiger partial charge on any atom is -0.496 e. The van der Waals surface area contributed by atoms with E-state index in [0.717, 1.165) is 56.3 Å². The van der Waals surface area contributed by atoms with Crippen LogP contribution in [0.25, 0.3) is 0 Å². The van der Waals surface area contributed by atoms with Gasteiger partial charge in [-0.15, -0.1) is 0 Å². The summed E-state index contributed by atoms with van der Waals surface area (Å²) in [7, 11) is 1.64. The number of hydrogen-bond donors (Lipinski definition) is 1. The maximum absolute atomic E-state index is 12.1. The molecule has 2 rings (SSSR count). The van der Waals surface area contributed by atoms with Crippen LogP contribution in [0.2, 0.25) is 0 Å². The predicted octanol–water partition coefficient (Wildman–Crippen LogP) is 2.94. The van der Waals surface area contributed by atoms with Gasteiger partial charge >= 0.3 is 0 Å². The Morgan fingerprint density at radius 1 is 1.38 bits per heavy atom. The normalized spacial score (nSPS) is 15.7. The number of carbonyl (C=O) groups is 1. The molecule has 1 aliphatic heterocycles. The molecule has 1 aromatic carbocycles. The standard InChI is InChI=1S/C17H25NO3/c1-13-12-15(5-6-16(13)20-2)17(19)18-9-3-4-14-7-10-21-11-8-14/h5-6,12,14H,3-4,7-11H2,1-2H3,(H,18,19). The summed E-state index contributed by atoms with van der Waals surface area (Å²) in [5.41, 5.74) is 1.67. The number of rotatable bonds is 6. The molecular formula is C17H25NO3. The average molecular weight is 291 g/mol. The fraction of sp³-hybridized carbons (Fsp3) is 0.588. The number of aryl methyl sites for hydroxylation is 1. The quantitative estimate of drug-likeness (QED) is 0.820. The van der Waals surface area contributed by atoms with E-state index in [1.807, 2.05) is 19.1 Å².